The SMILES string of the molecule is COc1cc(C(=O)OC(C)(C)C)c(N)c(OC)c1OC. The summed E-state index contributed by atoms with van der Waals surface area (Å²) in [6, 6.07) is 1.48. The molecule has 0 heterocycles. The largest absolute Gasteiger partial charge is 0.493 e. The number of ether oxygens (including phenoxy) is 4. The minimum atomic E-state index is -0.621. The molecule has 0 aliphatic rings. The van der Waals surface area contributed by atoms with Gasteiger partial charge in [-0.15, -0.1) is 0 Å². The Morgan fingerprint density at radius 3 is 2.00 bits per heavy atom. The molecule has 0 radical (unpaired) electrons. The van der Waals surface area contributed by atoms with E-state index in [1.807, 2.05) is 0 Å². The van der Waals surface area contributed by atoms with Crippen LogP contribution in [0.25, 0.3) is 0 Å². The van der Waals surface area contributed by atoms with Gasteiger partial charge in [-0.05, 0) is 20.8 Å². The number of carbonyl (C=O) groups is 1. The summed E-state index contributed by atoms with van der Waals surface area (Å²) < 4.78 is 20.9. The Morgan fingerprint density at radius 2 is 1.60 bits per heavy atom. The summed E-state index contributed by atoms with van der Waals surface area (Å²) in [6.45, 7) is 5.33. The van der Waals surface area contributed by atoms with Gasteiger partial charge in [0.1, 0.15) is 5.60 Å². The molecule has 1 aromatic carbocycles. The summed E-state index contributed by atoms with van der Waals surface area (Å²) in [6.07, 6.45) is 0. The Labute approximate surface area is 118 Å². The van der Waals surface area contributed by atoms with Crippen LogP contribution in [0.15, 0.2) is 6.07 Å². The maximum atomic E-state index is 12.2. The van der Waals surface area contributed by atoms with Crippen LogP contribution in [0.4, 0.5) is 5.69 Å². The van der Waals surface area contributed by atoms with E-state index in [9.17, 15) is 4.79 Å². The normalized spacial score (nSPS) is 10.9. The Hall–Kier alpha value is -2.11. The molecule has 20 heavy (non-hydrogen) atoms. The molecular weight excluding hydrogens is 262 g/mol. The molecule has 0 saturated heterocycles. The Balaban J connectivity index is 3.38. The molecule has 6 nitrogen and oxygen atoms in total. The van der Waals surface area contributed by atoms with Gasteiger partial charge in [0.2, 0.25) is 5.75 Å². The van der Waals surface area contributed by atoms with Crippen LogP contribution in [0.2, 0.25) is 0 Å². The van der Waals surface area contributed by atoms with Gasteiger partial charge in [0.05, 0.1) is 32.6 Å². The molecule has 0 saturated carbocycles. The molecule has 0 spiro atoms. The molecule has 0 bridgehead atoms. The second-order valence-corrected chi connectivity index (χ2v) is 5.11. The first kappa shape index (κ1) is 15.9. The number of esters is 1. The number of benzene rings is 1. The number of nitrogens with two attached hydrogens (primary N) is 1. The van der Waals surface area contributed by atoms with E-state index in [4.69, 9.17) is 24.7 Å². The van der Waals surface area contributed by atoms with Gasteiger partial charge in [0, 0.05) is 6.07 Å². The van der Waals surface area contributed by atoms with E-state index in [1.165, 1.54) is 27.4 Å². The maximum Gasteiger partial charge on any atom is 0.341 e. The van der Waals surface area contributed by atoms with Gasteiger partial charge in [0.25, 0.3) is 0 Å². The molecule has 0 fully saturated rings. The van der Waals surface area contributed by atoms with Crippen molar-refractivity contribution < 1.29 is 23.7 Å². The maximum absolute atomic E-state index is 12.2. The first-order valence-electron chi connectivity index (χ1n) is 6.07. The van der Waals surface area contributed by atoms with Crippen molar-refractivity contribution in [3.8, 4) is 17.2 Å². The van der Waals surface area contributed by atoms with Gasteiger partial charge >= 0.3 is 5.97 Å². The number of carbonyl (C=O) groups excluding carboxylic acids is 1. The molecule has 6 heteroatoms. The first-order chi connectivity index (χ1) is 9.25. The van der Waals surface area contributed by atoms with Crippen molar-refractivity contribution in [2.75, 3.05) is 27.1 Å². The topological polar surface area (TPSA) is 80.0 Å². The number of hydrogen-bond donors (Lipinski definition) is 1. The highest BCUT2D eigenvalue weighted by Gasteiger charge is 2.26. The van der Waals surface area contributed by atoms with Gasteiger partial charge in [-0.3, -0.25) is 0 Å². The van der Waals surface area contributed by atoms with Gasteiger partial charge in [-0.25, -0.2) is 4.79 Å². The van der Waals surface area contributed by atoms with E-state index in [1.54, 1.807) is 20.8 Å². The summed E-state index contributed by atoms with van der Waals surface area (Å²) in [5.74, 6) is 0.376. The molecule has 1 rings (SSSR count). The van der Waals surface area contributed by atoms with Crippen molar-refractivity contribution in [2.45, 2.75) is 26.4 Å². The highest BCUT2D eigenvalue weighted by molar-refractivity contribution is 5.98. The van der Waals surface area contributed by atoms with E-state index >= 15 is 0 Å². The smallest absolute Gasteiger partial charge is 0.341 e. The first-order valence-corrected chi connectivity index (χ1v) is 6.07. The Morgan fingerprint density at radius 1 is 1.05 bits per heavy atom. The molecule has 0 aliphatic heterocycles. The number of hydrogen-bond acceptors (Lipinski definition) is 6. The van der Waals surface area contributed by atoms with Crippen LogP contribution in [-0.4, -0.2) is 32.9 Å². The zero-order valence-corrected chi connectivity index (χ0v) is 12.7. The molecule has 0 unspecified atom stereocenters. The fraction of sp³-hybridized carbons (Fsp3) is 0.500. The molecule has 1 aromatic rings. The molecule has 0 aromatic heterocycles. The number of methoxy groups -OCH3 is 3. The van der Waals surface area contributed by atoms with Crippen LogP contribution >= 0.6 is 0 Å². The standard InChI is InChI=1S/C14H21NO5/c1-14(2,3)20-13(16)8-7-9(17-4)11(18-5)12(19-6)10(8)15/h7H,15H2,1-6H3. The van der Waals surface area contributed by atoms with Crippen molar-refractivity contribution >= 4 is 11.7 Å². The van der Waals surface area contributed by atoms with Crippen molar-refractivity contribution in [1.29, 1.82) is 0 Å². The quantitative estimate of drug-likeness (QED) is 0.674. The lowest BCUT2D eigenvalue weighted by Crippen LogP contribution is -2.24. The number of anilines is 1. The summed E-state index contributed by atoms with van der Waals surface area (Å²) in [5.41, 5.74) is 5.66. The molecule has 0 amide bonds. The second-order valence-electron chi connectivity index (χ2n) is 5.11. The predicted molar refractivity (Wildman–Crippen MR) is 75.7 cm³/mol. The fourth-order valence-electron chi connectivity index (χ4n) is 1.68. The van der Waals surface area contributed by atoms with Gasteiger partial charge in [0.15, 0.2) is 11.5 Å². The lowest BCUT2D eigenvalue weighted by atomic mass is 10.1. The van der Waals surface area contributed by atoms with Gasteiger partial charge in [-0.2, -0.15) is 0 Å². The van der Waals surface area contributed by atoms with Crippen molar-refractivity contribution in [3.05, 3.63) is 11.6 Å². The van der Waals surface area contributed by atoms with Gasteiger partial charge in [-0.1, -0.05) is 0 Å². The van der Waals surface area contributed by atoms with E-state index in [2.05, 4.69) is 0 Å². The zero-order valence-electron chi connectivity index (χ0n) is 12.7. The van der Waals surface area contributed by atoms with E-state index < -0.39 is 11.6 Å². The molecular formula is C14H21NO5. The lowest BCUT2D eigenvalue weighted by molar-refractivity contribution is 0.00701. The molecule has 2 N–H and O–H groups in total. The fourth-order valence-corrected chi connectivity index (χ4v) is 1.68. The Kier molecular flexibility index (Phi) is 4.70. The highest BCUT2D eigenvalue weighted by Crippen LogP contribution is 2.44. The molecule has 0 atom stereocenters. The second kappa shape index (κ2) is 5.90. The van der Waals surface area contributed by atoms with E-state index in [-0.39, 0.29) is 17.0 Å². The van der Waals surface area contributed by atoms with Crippen molar-refractivity contribution in [3.63, 3.8) is 0 Å². The Bertz CT molecular complexity index is 505. The van der Waals surface area contributed by atoms with Crippen LogP contribution in [0, 0.1) is 0 Å². The third-order valence-electron chi connectivity index (χ3n) is 2.49. The summed E-state index contributed by atoms with van der Waals surface area (Å²) in [4.78, 5) is 12.2. The van der Waals surface area contributed by atoms with Crippen LogP contribution in [-0.2, 0) is 4.74 Å². The summed E-state index contributed by atoms with van der Waals surface area (Å²) >= 11 is 0. The summed E-state index contributed by atoms with van der Waals surface area (Å²) in [5, 5.41) is 0. The highest BCUT2D eigenvalue weighted by atomic mass is 16.6. The average Bonchev–Trinajstić information content (AvgIpc) is 2.35. The summed E-state index contributed by atoms with van der Waals surface area (Å²) in [7, 11) is 4.37. The predicted octanol–water partition coefficient (Wildman–Crippen LogP) is 2.25. The molecule has 0 aliphatic carbocycles. The van der Waals surface area contributed by atoms with Crippen molar-refractivity contribution in [2.24, 2.45) is 0 Å². The van der Waals surface area contributed by atoms with Crippen molar-refractivity contribution in [1.82, 2.24) is 0 Å². The van der Waals surface area contributed by atoms with Crippen LogP contribution < -0.4 is 19.9 Å². The van der Waals surface area contributed by atoms with Crippen LogP contribution in [0.3, 0.4) is 0 Å². The average molecular weight is 283 g/mol. The zero-order chi connectivity index (χ0) is 15.5. The third kappa shape index (κ3) is 3.26. The number of rotatable bonds is 4. The van der Waals surface area contributed by atoms with E-state index in [0.717, 1.165) is 0 Å². The monoisotopic (exact) mass is 283 g/mol. The third-order valence-corrected chi connectivity index (χ3v) is 2.49. The van der Waals surface area contributed by atoms with Crippen LogP contribution in [0.5, 0.6) is 17.2 Å². The lowest BCUT2D eigenvalue weighted by Gasteiger charge is -2.21. The minimum Gasteiger partial charge on any atom is -0.493 e. The molecule has 112 valence electrons. The minimum absolute atomic E-state index is 0.152. The number of nitrogen functional groups attached to an aromatic ring is 1. The van der Waals surface area contributed by atoms with Crippen LogP contribution in [0.1, 0.15) is 31.1 Å². The van der Waals surface area contributed by atoms with E-state index in [0.29, 0.717) is 11.5 Å². The van der Waals surface area contributed by atoms with Gasteiger partial charge < -0.3 is 24.7 Å².